The van der Waals surface area contributed by atoms with Gasteiger partial charge >= 0.3 is 0 Å². The lowest BCUT2D eigenvalue weighted by Crippen LogP contribution is -2.19. The Balaban J connectivity index is 2.33. The number of hydrogen-bond acceptors (Lipinski definition) is 4. The van der Waals surface area contributed by atoms with Crippen LogP contribution in [0.1, 0.15) is 25.8 Å². The zero-order valence-electron chi connectivity index (χ0n) is 11.3. The van der Waals surface area contributed by atoms with E-state index in [0.717, 1.165) is 30.9 Å². The molecule has 0 fully saturated rings. The Bertz CT molecular complexity index is 475. The third kappa shape index (κ3) is 3.32. The number of nitrogens with zero attached hydrogens (tertiary/aromatic N) is 1. The van der Waals surface area contributed by atoms with Crippen LogP contribution in [0.25, 0.3) is 0 Å². The van der Waals surface area contributed by atoms with Crippen molar-refractivity contribution in [2.45, 2.75) is 20.3 Å². The lowest BCUT2D eigenvalue weighted by Gasteiger charge is -2.15. The van der Waals surface area contributed by atoms with Crippen LogP contribution in [0.3, 0.4) is 0 Å². The number of nitrogens with one attached hydrogen (secondary N) is 1. The van der Waals surface area contributed by atoms with Crippen molar-refractivity contribution in [2.24, 2.45) is 4.99 Å². The molecule has 104 valence electrons. The average molecular weight is 283 g/mol. The molecule has 0 amide bonds. The van der Waals surface area contributed by atoms with E-state index in [2.05, 4.69) is 17.2 Å². The van der Waals surface area contributed by atoms with Gasteiger partial charge in [0.2, 0.25) is 0 Å². The molecular weight excluding hydrogens is 264 g/mol. The van der Waals surface area contributed by atoms with Gasteiger partial charge in [0, 0.05) is 12.1 Å². The third-order valence-electron chi connectivity index (χ3n) is 2.71. The Morgan fingerprint density at radius 3 is 2.79 bits per heavy atom. The van der Waals surface area contributed by atoms with Gasteiger partial charge in [-0.15, -0.1) is 0 Å². The van der Waals surface area contributed by atoms with E-state index in [1.807, 2.05) is 19.1 Å². The molecule has 1 aliphatic rings. The maximum atomic E-state index is 6.30. The molecule has 0 saturated heterocycles. The summed E-state index contributed by atoms with van der Waals surface area (Å²) in [6, 6.07) is 3.80. The number of ether oxygens (including phenoxy) is 2. The van der Waals surface area contributed by atoms with E-state index >= 15 is 0 Å². The van der Waals surface area contributed by atoms with E-state index in [1.54, 1.807) is 0 Å². The lowest BCUT2D eigenvalue weighted by molar-refractivity contribution is 0.277. The first-order valence-corrected chi connectivity index (χ1v) is 7.01. The summed E-state index contributed by atoms with van der Waals surface area (Å²) in [5.74, 6) is 2.16. The number of hydrogen-bond donors (Lipinski definition) is 1. The minimum absolute atomic E-state index is 0.561. The van der Waals surface area contributed by atoms with Crippen molar-refractivity contribution in [3.8, 4) is 11.5 Å². The summed E-state index contributed by atoms with van der Waals surface area (Å²) in [4.78, 5) is 4.39. The fourth-order valence-electron chi connectivity index (χ4n) is 1.90. The first-order chi connectivity index (χ1) is 9.26. The molecule has 1 aliphatic heterocycles. The maximum Gasteiger partial charge on any atom is 0.179 e. The summed E-state index contributed by atoms with van der Waals surface area (Å²) >= 11 is 6.30. The molecular formula is C14H19ClN2O2. The minimum atomic E-state index is 0.561. The van der Waals surface area contributed by atoms with Gasteiger partial charge in [-0.25, -0.2) is 0 Å². The van der Waals surface area contributed by atoms with E-state index < -0.39 is 0 Å². The van der Waals surface area contributed by atoms with E-state index in [4.69, 9.17) is 21.1 Å². The molecule has 1 heterocycles. The van der Waals surface area contributed by atoms with Crippen molar-refractivity contribution in [3.05, 3.63) is 22.7 Å². The van der Waals surface area contributed by atoms with Gasteiger partial charge in [-0.2, -0.15) is 0 Å². The summed E-state index contributed by atoms with van der Waals surface area (Å²) < 4.78 is 11.3. The fraction of sp³-hybridized carbons (Fsp3) is 0.500. The van der Waals surface area contributed by atoms with Gasteiger partial charge in [0.15, 0.2) is 11.5 Å². The highest BCUT2D eigenvalue weighted by molar-refractivity contribution is 6.32. The first kappa shape index (κ1) is 14.0. The number of amidine groups is 1. The Labute approximate surface area is 118 Å². The van der Waals surface area contributed by atoms with Crippen LogP contribution in [0.2, 0.25) is 5.02 Å². The molecule has 0 saturated carbocycles. The van der Waals surface area contributed by atoms with Crippen molar-refractivity contribution in [1.82, 2.24) is 5.32 Å². The van der Waals surface area contributed by atoms with Crippen molar-refractivity contribution >= 4 is 17.4 Å². The Morgan fingerprint density at radius 2 is 2.16 bits per heavy atom. The van der Waals surface area contributed by atoms with E-state index in [1.165, 1.54) is 0 Å². The normalized spacial score (nSPS) is 13.9. The molecule has 1 N–H and O–H groups in total. The zero-order valence-corrected chi connectivity index (χ0v) is 12.1. The van der Waals surface area contributed by atoms with E-state index in [0.29, 0.717) is 29.7 Å². The second-order valence-corrected chi connectivity index (χ2v) is 4.63. The van der Waals surface area contributed by atoms with Gasteiger partial charge < -0.3 is 14.8 Å². The number of rotatable bonds is 6. The van der Waals surface area contributed by atoms with Crippen LogP contribution >= 0.6 is 11.6 Å². The standard InChI is InChI=1S/C14H19ClN2O2/c1-3-7-19-13-11(15)8-10(9-12(13)18-4-2)14-16-5-6-17-14/h8-9H,3-7H2,1-2H3,(H,16,17). The van der Waals surface area contributed by atoms with Crippen molar-refractivity contribution < 1.29 is 9.47 Å². The number of benzene rings is 1. The van der Waals surface area contributed by atoms with E-state index in [9.17, 15) is 0 Å². The molecule has 1 aromatic carbocycles. The van der Waals surface area contributed by atoms with Gasteiger partial charge in [0.25, 0.3) is 0 Å². The largest absolute Gasteiger partial charge is 0.490 e. The predicted octanol–water partition coefficient (Wildman–Crippen LogP) is 2.88. The second-order valence-electron chi connectivity index (χ2n) is 4.22. The summed E-state index contributed by atoms with van der Waals surface area (Å²) in [6.07, 6.45) is 0.928. The topological polar surface area (TPSA) is 42.8 Å². The molecule has 4 nitrogen and oxygen atoms in total. The Morgan fingerprint density at radius 1 is 1.32 bits per heavy atom. The molecule has 0 spiro atoms. The maximum absolute atomic E-state index is 6.30. The summed E-state index contributed by atoms with van der Waals surface area (Å²) in [7, 11) is 0. The monoisotopic (exact) mass is 282 g/mol. The Kier molecular flexibility index (Phi) is 4.91. The summed E-state index contributed by atoms with van der Waals surface area (Å²) in [6.45, 7) is 6.85. The van der Waals surface area contributed by atoms with Crippen LogP contribution in [0.15, 0.2) is 17.1 Å². The molecule has 0 aliphatic carbocycles. The molecule has 0 aromatic heterocycles. The van der Waals surface area contributed by atoms with Gasteiger partial charge in [-0.3, -0.25) is 4.99 Å². The summed E-state index contributed by atoms with van der Waals surface area (Å²) in [5.41, 5.74) is 0.940. The lowest BCUT2D eigenvalue weighted by atomic mass is 10.2. The van der Waals surface area contributed by atoms with Crippen molar-refractivity contribution in [3.63, 3.8) is 0 Å². The summed E-state index contributed by atoms with van der Waals surface area (Å²) in [5, 5.41) is 3.79. The van der Waals surface area contributed by atoms with Crippen molar-refractivity contribution in [1.29, 1.82) is 0 Å². The van der Waals surface area contributed by atoms with Crippen LogP contribution in [-0.4, -0.2) is 32.1 Å². The van der Waals surface area contributed by atoms with Crippen molar-refractivity contribution in [2.75, 3.05) is 26.3 Å². The van der Waals surface area contributed by atoms with Crippen LogP contribution in [0.5, 0.6) is 11.5 Å². The van der Waals surface area contributed by atoms with Gasteiger partial charge in [-0.1, -0.05) is 18.5 Å². The number of halogens is 1. The molecule has 0 radical (unpaired) electrons. The SMILES string of the molecule is CCCOc1c(Cl)cc(C2=NCCN2)cc1OCC. The highest BCUT2D eigenvalue weighted by atomic mass is 35.5. The minimum Gasteiger partial charge on any atom is -0.490 e. The Hall–Kier alpha value is -1.42. The highest BCUT2D eigenvalue weighted by Crippen LogP contribution is 2.37. The predicted molar refractivity (Wildman–Crippen MR) is 77.8 cm³/mol. The quantitative estimate of drug-likeness (QED) is 0.872. The molecule has 19 heavy (non-hydrogen) atoms. The van der Waals surface area contributed by atoms with E-state index in [-0.39, 0.29) is 0 Å². The van der Waals surface area contributed by atoms with Gasteiger partial charge in [0.1, 0.15) is 5.84 Å². The molecule has 1 aromatic rings. The van der Waals surface area contributed by atoms with Crippen LogP contribution < -0.4 is 14.8 Å². The molecule has 0 unspecified atom stereocenters. The molecule has 5 heteroatoms. The highest BCUT2D eigenvalue weighted by Gasteiger charge is 2.16. The van der Waals surface area contributed by atoms with Gasteiger partial charge in [0.05, 0.1) is 24.8 Å². The smallest absolute Gasteiger partial charge is 0.179 e. The molecule has 0 atom stereocenters. The molecule has 0 bridgehead atoms. The zero-order chi connectivity index (χ0) is 13.7. The second kappa shape index (κ2) is 6.66. The fourth-order valence-corrected chi connectivity index (χ4v) is 2.17. The average Bonchev–Trinajstić information content (AvgIpc) is 2.92. The molecule has 2 rings (SSSR count). The van der Waals surface area contributed by atoms with Crippen LogP contribution in [0.4, 0.5) is 0 Å². The third-order valence-corrected chi connectivity index (χ3v) is 2.99. The first-order valence-electron chi connectivity index (χ1n) is 6.64. The van der Waals surface area contributed by atoms with Crippen LogP contribution in [-0.2, 0) is 0 Å². The van der Waals surface area contributed by atoms with Crippen LogP contribution in [0, 0.1) is 0 Å². The number of aliphatic imine (C=N–C) groups is 1. The van der Waals surface area contributed by atoms with Gasteiger partial charge in [-0.05, 0) is 25.5 Å².